The van der Waals surface area contributed by atoms with Crippen molar-refractivity contribution >= 4 is 40.9 Å². The van der Waals surface area contributed by atoms with Crippen LogP contribution in [0.5, 0.6) is 0 Å². The van der Waals surface area contributed by atoms with Gasteiger partial charge in [0.25, 0.3) is 11.5 Å². The summed E-state index contributed by atoms with van der Waals surface area (Å²) in [5.74, 6) is -0.451. The molecule has 0 aliphatic carbocycles. The topological polar surface area (TPSA) is 62.2 Å². The number of hydrogen-bond donors (Lipinski definition) is 0. The summed E-state index contributed by atoms with van der Waals surface area (Å²) in [6, 6.07) is 7.82. The normalized spacial score (nSPS) is 20.6. The van der Waals surface area contributed by atoms with E-state index in [4.69, 9.17) is 28.0 Å². The lowest BCUT2D eigenvalue weighted by Crippen LogP contribution is -2.42. The van der Waals surface area contributed by atoms with E-state index in [1.54, 1.807) is 17.9 Å². The Morgan fingerprint density at radius 2 is 1.82 bits per heavy atom. The molecule has 11 heteroatoms. The molecule has 2 aliphatic rings. The van der Waals surface area contributed by atoms with Gasteiger partial charge in [-0.25, -0.2) is 4.79 Å². The number of oxime groups is 1. The Bertz CT molecular complexity index is 1180. The SMILES string of the molecule is CCN1CCN(C(=O)c2ccc(C3=NOC(c4cc(Cl)cc(Cl)c4)(C(F)(F)F)C3)cc2C)C1=O. The van der Waals surface area contributed by atoms with Gasteiger partial charge in [-0.05, 0) is 55.3 Å². The number of urea groups is 1. The van der Waals surface area contributed by atoms with Crippen molar-refractivity contribution in [1.82, 2.24) is 9.80 Å². The molecule has 6 nitrogen and oxygen atoms in total. The van der Waals surface area contributed by atoms with Crippen molar-refractivity contribution in [3.63, 3.8) is 0 Å². The standard InChI is InChI=1S/C23H20Cl2F3N3O3/c1-3-30-6-7-31(21(30)33)20(32)18-5-4-14(8-13(18)2)19-12-22(34-29-19,23(26,27)28)15-9-16(24)11-17(25)10-15/h4-5,8-11H,3,6-7,12H2,1-2H3. The molecular weight excluding hydrogens is 494 g/mol. The second kappa shape index (κ2) is 8.78. The number of amides is 3. The summed E-state index contributed by atoms with van der Waals surface area (Å²) in [6.45, 7) is 4.72. The molecule has 0 spiro atoms. The zero-order chi connectivity index (χ0) is 24.8. The highest BCUT2D eigenvalue weighted by Gasteiger charge is 2.62. The second-order valence-corrected chi connectivity index (χ2v) is 9.01. The zero-order valence-electron chi connectivity index (χ0n) is 18.2. The summed E-state index contributed by atoms with van der Waals surface area (Å²) in [5, 5.41) is 3.83. The fourth-order valence-corrected chi connectivity index (χ4v) is 4.66. The average Bonchev–Trinajstić information content (AvgIpc) is 3.37. The highest BCUT2D eigenvalue weighted by Crippen LogP contribution is 2.49. The number of nitrogens with zero attached hydrogens (tertiary/aromatic N) is 3. The van der Waals surface area contributed by atoms with Crippen LogP contribution in [0, 0.1) is 6.92 Å². The molecule has 180 valence electrons. The van der Waals surface area contributed by atoms with Gasteiger partial charge >= 0.3 is 12.2 Å². The Balaban J connectivity index is 1.62. The summed E-state index contributed by atoms with van der Waals surface area (Å²) in [6.07, 6.45) is -5.41. The number of benzene rings is 2. The van der Waals surface area contributed by atoms with E-state index in [1.165, 1.54) is 23.1 Å². The van der Waals surface area contributed by atoms with Gasteiger partial charge in [0.05, 0.1) is 5.71 Å². The van der Waals surface area contributed by atoms with Gasteiger partial charge in [0.15, 0.2) is 0 Å². The van der Waals surface area contributed by atoms with E-state index in [-0.39, 0.29) is 33.9 Å². The smallest absolute Gasteiger partial charge is 0.374 e. The number of likely N-dealkylation sites (N-methyl/N-ethyl adjacent to an activating group) is 1. The van der Waals surface area contributed by atoms with Gasteiger partial charge in [-0.1, -0.05) is 34.4 Å². The fraction of sp³-hybridized carbons (Fsp3) is 0.348. The van der Waals surface area contributed by atoms with Crippen LogP contribution < -0.4 is 0 Å². The van der Waals surface area contributed by atoms with Gasteiger partial charge in [0, 0.05) is 47.2 Å². The third-order valence-electron chi connectivity index (χ3n) is 6.03. The van der Waals surface area contributed by atoms with Gasteiger partial charge < -0.3 is 9.74 Å². The van der Waals surface area contributed by atoms with Gasteiger partial charge in [0.1, 0.15) is 0 Å². The molecule has 1 fully saturated rings. The first-order chi connectivity index (χ1) is 16.0. The predicted octanol–water partition coefficient (Wildman–Crippen LogP) is 5.78. The van der Waals surface area contributed by atoms with Crippen LogP contribution in [0.15, 0.2) is 41.6 Å². The maximum atomic E-state index is 14.2. The first kappa shape index (κ1) is 24.3. The van der Waals surface area contributed by atoms with Crippen molar-refractivity contribution < 1.29 is 27.6 Å². The predicted molar refractivity (Wildman–Crippen MR) is 121 cm³/mol. The van der Waals surface area contributed by atoms with Crippen LogP contribution in [0.2, 0.25) is 10.0 Å². The number of carbonyl (C=O) groups excluding carboxylic acids is 2. The van der Waals surface area contributed by atoms with E-state index >= 15 is 0 Å². The Labute approximate surface area is 203 Å². The molecule has 34 heavy (non-hydrogen) atoms. The minimum atomic E-state index is -4.81. The second-order valence-electron chi connectivity index (χ2n) is 8.14. The van der Waals surface area contributed by atoms with E-state index < -0.39 is 24.1 Å². The van der Waals surface area contributed by atoms with E-state index in [9.17, 15) is 22.8 Å². The molecule has 3 amide bonds. The minimum Gasteiger partial charge on any atom is -0.374 e. The van der Waals surface area contributed by atoms with E-state index in [2.05, 4.69) is 5.16 Å². The lowest BCUT2D eigenvalue weighted by Gasteiger charge is -2.29. The summed E-state index contributed by atoms with van der Waals surface area (Å²) < 4.78 is 42.6. The molecule has 1 atom stereocenters. The zero-order valence-corrected chi connectivity index (χ0v) is 19.8. The molecule has 1 saturated heterocycles. The average molecular weight is 514 g/mol. The maximum absolute atomic E-state index is 14.2. The Kier molecular flexibility index (Phi) is 6.29. The minimum absolute atomic E-state index is 0.0417. The van der Waals surface area contributed by atoms with Crippen molar-refractivity contribution in [3.05, 3.63) is 68.7 Å². The van der Waals surface area contributed by atoms with Gasteiger partial charge in [-0.15, -0.1) is 0 Å². The summed E-state index contributed by atoms with van der Waals surface area (Å²) in [5.41, 5.74) is -1.78. The first-order valence-corrected chi connectivity index (χ1v) is 11.2. The quantitative estimate of drug-likeness (QED) is 0.520. The van der Waals surface area contributed by atoms with Crippen LogP contribution in [-0.2, 0) is 10.4 Å². The number of rotatable bonds is 4. The van der Waals surface area contributed by atoms with Crippen molar-refractivity contribution in [3.8, 4) is 0 Å². The van der Waals surface area contributed by atoms with Crippen molar-refractivity contribution in [2.45, 2.75) is 32.0 Å². The summed E-state index contributed by atoms with van der Waals surface area (Å²) in [7, 11) is 0. The number of halogens is 5. The largest absolute Gasteiger partial charge is 0.435 e. The number of carbonyl (C=O) groups is 2. The molecule has 0 radical (unpaired) electrons. The molecule has 0 N–H and O–H groups in total. The Morgan fingerprint density at radius 1 is 1.15 bits per heavy atom. The summed E-state index contributed by atoms with van der Waals surface area (Å²) in [4.78, 5) is 33.0. The monoisotopic (exact) mass is 513 g/mol. The molecular formula is C23H20Cl2F3N3O3. The van der Waals surface area contributed by atoms with Crippen LogP contribution in [0.4, 0.5) is 18.0 Å². The highest BCUT2D eigenvalue weighted by molar-refractivity contribution is 6.34. The lowest BCUT2D eigenvalue weighted by atomic mass is 9.86. The third-order valence-corrected chi connectivity index (χ3v) is 6.46. The van der Waals surface area contributed by atoms with Gasteiger partial charge in [0.2, 0.25) is 0 Å². The molecule has 2 aromatic carbocycles. The van der Waals surface area contributed by atoms with Crippen LogP contribution >= 0.6 is 23.2 Å². The number of alkyl halides is 3. The summed E-state index contributed by atoms with van der Waals surface area (Å²) >= 11 is 11.9. The molecule has 2 aliphatic heterocycles. The van der Waals surface area contributed by atoms with E-state index in [0.29, 0.717) is 29.8 Å². The van der Waals surface area contributed by atoms with Crippen LogP contribution in [-0.4, -0.2) is 53.3 Å². The molecule has 0 aromatic heterocycles. The molecule has 2 aromatic rings. The van der Waals surface area contributed by atoms with Crippen LogP contribution in [0.1, 0.15) is 40.4 Å². The molecule has 1 unspecified atom stereocenters. The molecule has 0 bridgehead atoms. The first-order valence-electron chi connectivity index (χ1n) is 10.5. The number of hydrogen-bond acceptors (Lipinski definition) is 4. The fourth-order valence-electron chi connectivity index (χ4n) is 4.14. The van der Waals surface area contributed by atoms with Crippen molar-refractivity contribution in [2.75, 3.05) is 19.6 Å². The van der Waals surface area contributed by atoms with Crippen LogP contribution in [0.25, 0.3) is 0 Å². The van der Waals surface area contributed by atoms with Crippen molar-refractivity contribution in [2.24, 2.45) is 5.16 Å². The van der Waals surface area contributed by atoms with Crippen molar-refractivity contribution in [1.29, 1.82) is 0 Å². The van der Waals surface area contributed by atoms with Crippen LogP contribution in [0.3, 0.4) is 0 Å². The maximum Gasteiger partial charge on any atom is 0.435 e. The molecule has 2 heterocycles. The van der Waals surface area contributed by atoms with Gasteiger partial charge in [-0.3, -0.25) is 9.69 Å². The number of imide groups is 1. The lowest BCUT2D eigenvalue weighted by molar-refractivity contribution is -0.275. The Morgan fingerprint density at radius 3 is 2.38 bits per heavy atom. The highest BCUT2D eigenvalue weighted by atomic mass is 35.5. The molecule has 4 rings (SSSR count). The third kappa shape index (κ3) is 4.11. The molecule has 0 saturated carbocycles. The number of aryl methyl sites for hydroxylation is 1. The van der Waals surface area contributed by atoms with Gasteiger partial charge in [-0.2, -0.15) is 13.2 Å². The Hall–Kier alpha value is -2.78. The van der Waals surface area contributed by atoms with E-state index in [1.807, 2.05) is 6.92 Å². The van der Waals surface area contributed by atoms with E-state index in [0.717, 1.165) is 12.1 Å².